The quantitative estimate of drug-likeness (QED) is 0.601. The number of benzene rings is 1. The number of hydrogen-bond donors (Lipinski definition) is 3. The van der Waals surface area contributed by atoms with Gasteiger partial charge in [-0.3, -0.25) is 4.79 Å². The van der Waals surface area contributed by atoms with E-state index in [0.717, 1.165) is 29.3 Å². The zero-order valence-corrected chi connectivity index (χ0v) is 8.77. The average Bonchev–Trinajstić information content (AvgIpc) is 2.69. The molecule has 2 aliphatic heterocycles. The predicted molar refractivity (Wildman–Crippen MR) is 60.2 cm³/mol. The van der Waals surface area contributed by atoms with Gasteiger partial charge >= 0.3 is 0 Å². The molecule has 1 aromatic carbocycles. The second-order valence-electron chi connectivity index (χ2n) is 4.55. The van der Waals surface area contributed by atoms with Crippen molar-refractivity contribution in [2.24, 2.45) is 0 Å². The smallest absolute Gasteiger partial charge is 0.234 e. The summed E-state index contributed by atoms with van der Waals surface area (Å²) >= 11 is 0. The van der Waals surface area contributed by atoms with Gasteiger partial charge in [-0.1, -0.05) is 0 Å². The molecular formula is C11H13N3O. The fourth-order valence-electron chi connectivity index (χ4n) is 2.15. The van der Waals surface area contributed by atoms with Crippen LogP contribution in [-0.4, -0.2) is 12.6 Å². The molecule has 2 aliphatic rings. The van der Waals surface area contributed by atoms with Crippen molar-refractivity contribution in [3.63, 3.8) is 0 Å². The molecule has 15 heavy (non-hydrogen) atoms. The molecule has 1 aromatic rings. The van der Waals surface area contributed by atoms with Crippen molar-refractivity contribution in [3.05, 3.63) is 17.7 Å². The lowest BCUT2D eigenvalue weighted by Crippen LogP contribution is -2.26. The summed E-state index contributed by atoms with van der Waals surface area (Å²) < 4.78 is 0. The molecule has 0 aliphatic carbocycles. The Bertz CT molecular complexity index is 465. The van der Waals surface area contributed by atoms with E-state index in [9.17, 15) is 4.79 Å². The number of rotatable bonds is 0. The Balaban J connectivity index is 2.21. The van der Waals surface area contributed by atoms with E-state index in [0.29, 0.717) is 0 Å². The molecule has 0 spiro atoms. The number of carbonyl (C=O) groups is 1. The molecule has 2 heterocycles. The van der Waals surface area contributed by atoms with Gasteiger partial charge in [-0.25, -0.2) is 0 Å². The van der Waals surface area contributed by atoms with Gasteiger partial charge in [-0.15, -0.1) is 0 Å². The molecule has 0 aromatic heterocycles. The number of hydrogen-bond acceptors (Lipinski definition) is 3. The summed E-state index contributed by atoms with van der Waals surface area (Å²) in [5.74, 6) is 0.0705. The summed E-state index contributed by atoms with van der Waals surface area (Å²) in [7, 11) is 0. The first-order chi connectivity index (χ1) is 7.09. The van der Waals surface area contributed by atoms with Crippen LogP contribution in [0.2, 0.25) is 0 Å². The molecule has 1 amide bonds. The molecule has 4 heteroatoms. The fourth-order valence-corrected chi connectivity index (χ4v) is 2.15. The topological polar surface area (TPSA) is 53.2 Å². The van der Waals surface area contributed by atoms with Gasteiger partial charge in [0.25, 0.3) is 0 Å². The molecule has 0 saturated heterocycles. The summed E-state index contributed by atoms with van der Waals surface area (Å²) in [6.07, 6.45) is 0. The highest BCUT2D eigenvalue weighted by molar-refractivity contribution is 6.07. The van der Waals surface area contributed by atoms with Crippen LogP contribution in [0.1, 0.15) is 19.4 Å². The van der Waals surface area contributed by atoms with E-state index in [1.54, 1.807) is 0 Å². The van der Waals surface area contributed by atoms with Crippen LogP contribution in [0.4, 0.5) is 17.1 Å². The first-order valence-electron chi connectivity index (χ1n) is 5.07. The maximum absolute atomic E-state index is 11.7. The van der Waals surface area contributed by atoms with Crippen molar-refractivity contribution in [1.29, 1.82) is 0 Å². The third kappa shape index (κ3) is 0.988. The van der Waals surface area contributed by atoms with E-state index in [4.69, 9.17) is 0 Å². The number of nitrogens with one attached hydrogen (secondary N) is 3. The average molecular weight is 203 g/mol. The van der Waals surface area contributed by atoms with Crippen molar-refractivity contribution in [2.75, 3.05) is 22.6 Å². The van der Waals surface area contributed by atoms with E-state index in [2.05, 4.69) is 22.0 Å². The van der Waals surface area contributed by atoms with Crippen molar-refractivity contribution in [2.45, 2.75) is 19.3 Å². The molecule has 4 nitrogen and oxygen atoms in total. The Hall–Kier alpha value is -1.71. The molecule has 0 bridgehead atoms. The third-order valence-corrected chi connectivity index (χ3v) is 3.20. The highest BCUT2D eigenvalue weighted by Crippen LogP contribution is 2.42. The van der Waals surface area contributed by atoms with Crippen LogP contribution >= 0.6 is 0 Å². The van der Waals surface area contributed by atoms with Crippen LogP contribution in [0.15, 0.2) is 12.1 Å². The summed E-state index contributed by atoms with van der Waals surface area (Å²) in [5.41, 5.74) is 3.72. The molecule has 3 N–H and O–H groups in total. The van der Waals surface area contributed by atoms with Gasteiger partial charge in [0.1, 0.15) is 0 Å². The van der Waals surface area contributed by atoms with Gasteiger partial charge in [0.15, 0.2) is 0 Å². The van der Waals surface area contributed by atoms with Gasteiger partial charge in [0.2, 0.25) is 5.91 Å². The van der Waals surface area contributed by atoms with E-state index < -0.39 is 5.41 Å². The standard InChI is InChI=1S/C11H13N3O/c1-11(2)6-3-8-9(13-5-12-8)4-7(6)14-10(11)15/h3-4,12-13H,5H2,1-2H3,(H,14,15). The van der Waals surface area contributed by atoms with E-state index in [-0.39, 0.29) is 5.91 Å². The van der Waals surface area contributed by atoms with Crippen LogP contribution < -0.4 is 16.0 Å². The Kier molecular flexibility index (Phi) is 1.40. The fraction of sp³-hybridized carbons (Fsp3) is 0.364. The van der Waals surface area contributed by atoms with Crippen molar-refractivity contribution in [1.82, 2.24) is 0 Å². The Morgan fingerprint density at radius 2 is 1.80 bits per heavy atom. The zero-order valence-electron chi connectivity index (χ0n) is 8.77. The SMILES string of the molecule is CC1(C)C(=O)Nc2cc3c(cc21)NCN3. The third-order valence-electron chi connectivity index (χ3n) is 3.20. The van der Waals surface area contributed by atoms with Gasteiger partial charge in [-0.05, 0) is 31.5 Å². The van der Waals surface area contributed by atoms with Crippen LogP contribution in [0.5, 0.6) is 0 Å². The molecule has 0 fully saturated rings. The van der Waals surface area contributed by atoms with Crippen molar-refractivity contribution >= 4 is 23.0 Å². The Labute approximate surface area is 88.1 Å². The van der Waals surface area contributed by atoms with E-state index >= 15 is 0 Å². The molecule has 0 atom stereocenters. The molecular weight excluding hydrogens is 190 g/mol. The molecule has 0 radical (unpaired) electrons. The lowest BCUT2D eigenvalue weighted by Gasteiger charge is -2.15. The summed E-state index contributed by atoms with van der Waals surface area (Å²) in [6, 6.07) is 4.06. The van der Waals surface area contributed by atoms with Gasteiger partial charge in [0, 0.05) is 5.69 Å². The van der Waals surface area contributed by atoms with E-state index in [1.807, 2.05) is 19.9 Å². The molecule has 78 valence electrons. The van der Waals surface area contributed by atoms with Crippen LogP contribution in [-0.2, 0) is 10.2 Å². The van der Waals surface area contributed by atoms with Crippen LogP contribution in [0, 0.1) is 0 Å². The molecule has 0 saturated carbocycles. The molecule has 3 rings (SSSR count). The summed E-state index contributed by atoms with van der Waals surface area (Å²) in [5, 5.41) is 9.35. The monoisotopic (exact) mass is 203 g/mol. The highest BCUT2D eigenvalue weighted by atomic mass is 16.2. The summed E-state index contributed by atoms with van der Waals surface area (Å²) in [4.78, 5) is 11.7. The predicted octanol–water partition coefficient (Wildman–Crippen LogP) is 1.71. The minimum Gasteiger partial charge on any atom is -0.366 e. The number of amides is 1. The van der Waals surface area contributed by atoms with Crippen LogP contribution in [0.25, 0.3) is 0 Å². The Morgan fingerprint density at radius 3 is 2.53 bits per heavy atom. The second kappa shape index (κ2) is 2.45. The lowest BCUT2D eigenvalue weighted by atomic mass is 9.86. The van der Waals surface area contributed by atoms with Crippen LogP contribution in [0.3, 0.4) is 0 Å². The minimum atomic E-state index is -0.422. The normalized spacial score (nSPS) is 20.0. The van der Waals surface area contributed by atoms with Gasteiger partial charge in [-0.2, -0.15) is 0 Å². The summed E-state index contributed by atoms with van der Waals surface area (Å²) in [6.45, 7) is 4.65. The first kappa shape index (κ1) is 8.59. The first-order valence-corrected chi connectivity index (χ1v) is 5.07. The van der Waals surface area contributed by atoms with Gasteiger partial charge in [0.05, 0.1) is 23.5 Å². The van der Waals surface area contributed by atoms with Crippen molar-refractivity contribution < 1.29 is 4.79 Å². The maximum Gasteiger partial charge on any atom is 0.234 e. The maximum atomic E-state index is 11.7. The minimum absolute atomic E-state index is 0.0705. The lowest BCUT2D eigenvalue weighted by molar-refractivity contribution is -0.119. The zero-order chi connectivity index (χ0) is 10.6. The second-order valence-corrected chi connectivity index (χ2v) is 4.55. The number of fused-ring (bicyclic) bond motifs is 2. The number of anilines is 3. The molecule has 0 unspecified atom stereocenters. The van der Waals surface area contributed by atoms with Crippen molar-refractivity contribution in [3.8, 4) is 0 Å². The largest absolute Gasteiger partial charge is 0.366 e. The van der Waals surface area contributed by atoms with E-state index in [1.165, 1.54) is 0 Å². The number of carbonyl (C=O) groups excluding carboxylic acids is 1. The Morgan fingerprint density at radius 1 is 1.13 bits per heavy atom. The van der Waals surface area contributed by atoms with Gasteiger partial charge < -0.3 is 16.0 Å². The highest BCUT2D eigenvalue weighted by Gasteiger charge is 2.39.